The number of hydrogen-bond donors (Lipinski definition) is 2. The van der Waals surface area contributed by atoms with Crippen LogP contribution in [0.4, 0.5) is 10.5 Å². The molecule has 2 aliphatic heterocycles. The second kappa shape index (κ2) is 23.1. The highest BCUT2D eigenvalue weighted by Gasteiger charge is 2.45. The lowest BCUT2D eigenvalue weighted by molar-refractivity contribution is -0.136. The molecular weight excluding hydrogens is 684 g/mol. The molecule has 292 valence electrons. The highest BCUT2D eigenvalue weighted by Crippen LogP contribution is 2.32. The third kappa shape index (κ3) is 15.1. The predicted molar refractivity (Wildman–Crippen MR) is 186 cm³/mol. The van der Waals surface area contributed by atoms with Gasteiger partial charge in [-0.25, -0.2) is 4.79 Å². The first kappa shape index (κ1) is 42.7. The van der Waals surface area contributed by atoms with E-state index in [4.69, 9.17) is 37.9 Å². The lowest BCUT2D eigenvalue weighted by Gasteiger charge is -2.27. The van der Waals surface area contributed by atoms with E-state index in [0.29, 0.717) is 111 Å². The van der Waals surface area contributed by atoms with Crippen LogP contribution in [0.25, 0.3) is 0 Å². The van der Waals surface area contributed by atoms with Crippen molar-refractivity contribution in [3.05, 3.63) is 29.3 Å². The van der Waals surface area contributed by atoms with Crippen LogP contribution in [0.1, 0.15) is 54.3 Å². The summed E-state index contributed by atoms with van der Waals surface area (Å²) >= 11 is 0. The van der Waals surface area contributed by atoms with Crippen molar-refractivity contribution < 1.29 is 61.9 Å². The van der Waals surface area contributed by atoms with Gasteiger partial charge in [0.25, 0.3) is 11.8 Å². The molecule has 1 atom stereocenters. The minimum absolute atomic E-state index is 0.0636. The Kier molecular flexibility index (Phi) is 18.9. The van der Waals surface area contributed by atoms with Crippen LogP contribution in [0.3, 0.4) is 0 Å². The quantitative estimate of drug-likeness (QED) is 0.103. The van der Waals surface area contributed by atoms with Crippen LogP contribution in [0.2, 0.25) is 0 Å². The van der Waals surface area contributed by atoms with Crippen LogP contribution in [-0.2, 0) is 47.5 Å². The van der Waals surface area contributed by atoms with Crippen molar-refractivity contribution in [3.63, 3.8) is 0 Å². The average Bonchev–Trinajstić information content (AvgIpc) is 3.35. The fourth-order valence-electron chi connectivity index (χ4n) is 4.97. The van der Waals surface area contributed by atoms with Crippen molar-refractivity contribution in [2.45, 2.75) is 45.3 Å². The highest BCUT2D eigenvalue weighted by atomic mass is 16.6. The van der Waals surface area contributed by atoms with Crippen molar-refractivity contribution >= 4 is 35.4 Å². The molecule has 0 saturated carbocycles. The maximum atomic E-state index is 13.1. The number of likely N-dealkylation sites (N-methyl/N-ethyl adjacent to an activating group) is 1. The molecule has 1 unspecified atom stereocenters. The molecule has 2 N–H and O–H groups in total. The maximum absolute atomic E-state index is 13.1. The molecule has 0 spiro atoms. The van der Waals surface area contributed by atoms with Gasteiger partial charge in [0, 0.05) is 32.2 Å². The Bertz CT molecular complexity index is 1310. The molecule has 17 heteroatoms. The van der Waals surface area contributed by atoms with Gasteiger partial charge in [-0.2, -0.15) is 0 Å². The zero-order valence-corrected chi connectivity index (χ0v) is 30.7. The molecule has 0 aromatic heterocycles. The molecule has 0 bridgehead atoms. The molecule has 2 heterocycles. The number of carbonyl (C=O) groups excluding carboxylic acids is 5. The van der Waals surface area contributed by atoms with E-state index < -0.39 is 35.3 Å². The Hall–Kier alpha value is -3.71. The molecule has 2 aliphatic rings. The molecule has 1 aromatic rings. The number of nitrogens with one attached hydrogen (secondary N) is 2. The van der Waals surface area contributed by atoms with Gasteiger partial charge in [-0.05, 0) is 39.3 Å². The number of fused-ring (bicyclic) bond motifs is 1. The molecule has 17 nitrogen and oxygen atoms in total. The van der Waals surface area contributed by atoms with Crippen LogP contribution >= 0.6 is 0 Å². The van der Waals surface area contributed by atoms with Gasteiger partial charge in [-0.1, -0.05) is 6.07 Å². The summed E-state index contributed by atoms with van der Waals surface area (Å²) in [6, 6.07) is 3.89. The van der Waals surface area contributed by atoms with E-state index >= 15 is 0 Å². The van der Waals surface area contributed by atoms with Crippen LogP contribution in [0.5, 0.6) is 0 Å². The zero-order valence-electron chi connectivity index (χ0n) is 30.7. The molecule has 0 aliphatic carbocycles. The van der Waals surface area contributed by atoms with Gasteiger partial charge < -0.3 is 48.1 Å². The Morgan fingerprint density at radius 1 is 0.769 bits per heavy atom. The zero-order chi connectivity index (χ0) is 37.8. The Balaban J connectivity index is 1.07. The minimum Gasteiger partial charge on any atom is -0.444 e. The van der Waals surface area contributed by atoms with Gasteiger partial charge in [-0.3, -0.25) is 29.4 Å². The van der Waals surface area contributed by atoms with E-state index in [-0.39, 0.29) is 30.1 Å². The number of rotatable bonds is 26. The summed E-state index contributed by atoms with van der Waals surface area (Å²) in [7, 11) is 1.67. The number of benzene rings is 1. The molecule has 5 amide bonds. The first-order chi connectivity index (χ1) is 25.0. The van der Waals surface area contributed by atoms with Gasteiger partial charge in [0.2, 0.25) is 11.8 Å². The number of carbonyl (C=O) groups is 5. The second-order valence-corrected chi connectivity index (χ2v) is 12.8. The molecule has 1 fully saturated rings. The molecule has 1 saturated heterocycles. The summed E-state index contributed by atoms with van der Waals surface area (Å²) in [5.41, 5.74) is 0.372. The molecule has 1 aromatic carbocycles. The van der Waals surface area contributed by atoms with Crippen molar-refractivity contribution in [1.82, 2.24) is 15.1 Å². The van der Waals surface area contributed by atoms with Crippen LogP contribution < -0.4 is 10.6 Å². The van der Waals surface area contributed by atoms with Gasteiger partial charge in [0.1, 0.15) is 11.6 Å². The summed E-state index contributed by atoms with van der Waals surface area (Å²) in [6.45, 7) is 12.1. The number of imide groups is 2. The first-order valence-corrected chi connectivity index (χ1v) is 17.6. The Morgan fingerprint density at radius 3 is 1.77 bits per heavy atom. The number of hydrogen-bond acceptors (Lipinski definition) is 14. The van der Waals surface area contributed by atoms with E-state index in [1.165, 1.54) is 4.90 Å². The van der Waals surface area contributed by atoms with E-state index in [2.05, 4.69) is 10.6 Å². The van der Waals surface area contributed by atoms with Crippen molar-refractivity contribution in [3.8, 4) is 0 Å². The van der Waals surface area contributed by atoms with E-state index in [1.807, 2.05) is 20.8 Å². The second-order valence-electron chi connectivity index (χ2n) is 12.8. The van der Waals surface area contributed by atoms with Gasteiger partial charge >= 0.3 is 6.09 Å². The SMILES string of the molecule is CN(CCOCCOCCOCCOCCOCCOCCOCCNc1cccc2c1C(=O)N(C1CCC(=O)NC1=O)C2=O)C(=O)OC(C)(C)C. The smallest absolute Gasteiger partial charge is 0.410 e. The van der Waals surface area contributed by atoms with E-state index in [9.17, 15) is 24.0 Å². The third-order valence-corrected chi connectivity index (χ3v) is 7.54. The number of amides is 5. The summed E-state index contributed by atoms with van der Waals surface area (Å²) < 4.78 is 43.8. The number of ether oxygens (including phenoxy) is 8. The van der Waals surface area contributed by atoms with Gasteiger partial charge in [-0.15, -0.1) is 0 Å². The largest absolute Gasteiger partial charge is 0.444 e. The summed E-state index contributed by atoms with van der Waals surface area (Å²) in [4.78, 5) is 64.2. The number of anilines is 1. The highest BCUT2D eigenvalue weighted by molar-refractivity contribution is 6.25. The standard InChI is InChI=1S/C35H54N4O13/c1-35(2,3)52-34(44)38(4)11-13-46-15-17-48-19-21-50-23-25-51-24-22-49-20-18-47-16-14-45-12-10-36-27-7-5-6-26-30(27)33(43)39(32(26)42)28-8-9-29(40)37-31(28)41/h5-7,28,36H,8-25H2,1-4H3,(H,37,40,41). The van der Waals surface area contributed by atoms with Crippen LogP contribution in [0, 0.1) is 0 Å². The van der Waals surface area contributed by atoms with Crippen molar-refractivity contribution in [2.24, 2.45) is 0 Å². The fourth-order valence-corrected chi connectivity index (χ4v) is 4.97. The fraction of sp³-hybridized carbons (Fsp3) is 0.686. The van der Waals surface area contributed by atoms with Gasteiger partial charge in [0.05, 0.1) is 104 Å². The first-order valence-electron chi connectivity index (χ1n) is 17.6. The molecule has 3 rings (SSSR count). The molecular formula is C35H54N4O13. The predicted octanol–water partition coefficient (Wildman–Crippen LogP) is 1.48. The van der Waals surface area contributed by atoms with Crippen LogP contribution in [-0.4, -0.2) is 164 Å². The third-order valence-electron chi connectivity index (χ3n) is 7.54. The normalized spacial score (nSPS) is 15.9. The number of piperidine rings is 1. The summed E-state index contributed by atoms with van der Waals surface area (Å²) in [6.07, 6.45) is -0.215. The average molecular weight is 739 g/mol. The van der Waals surface area contributed by atoms with Gasteiger partial charge in [0.15, 0.2) is 0 Å². The van der Waals surface area contributed by atoms with Crippen LogP contribution in [0.15, 0.2) is 18.2 Å². The molecule has 52 heavy (non-hydrogen) atoms. The number of nitrogens with zero attached hydrogens (tertiary/aromatic N) is 2. The van der Waals surface area contributed by atoms with Crippen molar-refractivity contribution in [2.75, 3.05) is 118 Å². The monoisotopic (exact) mass is 738 g/mol. The molecule has 0 radical (unpaired) electrons. The lowest BCUT2D eigenvalue weighted by Crippen LogP contribution is -2.54. The Morgan fingerprint density at radius 2 is 1.27 bits per heavy atom. The van der Waals surface area contributed by atoms with E-state index in [0.717, 1.165) is 4.90 Å². The minimum atomic E-state index is -1.01. The topological polar surface area (TPSA) is 190 Å². The maximum Gasteiger partial charge on any atom is 0.410 e. The van der Waals surface area contributed by atoms with Crippen molar-refractivity contribution in [1.29, 1.82) is 0 Å². The lowest BCUT2D eigenvalue weighted by atomic mass is 10.0. The Labute approximate surface area is 304 Å². The summed E-state index contributed by atoms with van der Waals surface area (Å²) in [5.74, 6) is -2.18. The summed E-state index contributed by atoms with van der Waals surface area (Å²) in [5, 5.41) is 5.32. The van der Waals surface area contributed by atoms with E-state index in [1.54, 1.807) is 25.2 Å².